The molecular weight excluding hydrogens is 342 g/mol. The van der Waals surface area contributed by atoms with Gasteiger partial charge in [-0.05, 0) is 19.8 Å². The lowest BCUT2D eigenvalue weighted by Gasteiger charge is -2.12. The van der Waals surface area contributed by atoms with Crippen molar-refractivity contribution in [3.05, 3.63) is 37.8 Å². The van der Waals surface area contributed by atoms with E-state index < -0.39 is 17.0 Å². The SMILES string of the molecule is Cc1nc(SCC(=O)c2c(N)n(C)c(=O)[nH]c2=O)n(CC(C)C)c1C. The van der Waals surface area contributed by atoms with E-state index in [9.17, 15) is 14.4 Å². The van der Waals surface area contributed by atoms with Gasteiger partial charge in [-0.2, -0.15) is 0 Å². The smallest absolute Gasteiger partial charge is 0.329 e. The minimum atomic E-state index is -0.760. The largest absolute Gasteiger partial charge is 0.384 e. The first kappa shape index (κ1) is 19.0. The Kier molecular flexibility index (Phi) is 5.56. The van der Waals surface area contributed by atoms with E-state index in [4.69, 9.17) is 5.73 Å². The average molecular weight is 365 g/mol. The summed E-state index contributed by atoms with van der Waals surface area (Å²) in [6.45, 7) is 8.93. The normalized spacial score (nSPS) is 11.3. The molecule has 0 spiro atoms. The highest BCUT2D eigenvalue weighted by atomic mass is 32.2. The number of hydrogen-bond donors (Lipinski definition) is 2. The van der Waals surface area contributed by atoms with Gasteiger partial charge in [0.05, 0.1) is 11.4 Å². The van der Waals surface area contributed by atoms with Gasteiger partial charge in [0.25, 0.3) is 5.56 Å². The molecule has 9 heteroatoms. The van der Waals surface area contributed by atoms with E-state index in [2.05, 4.69) is 28.4 Å². The molecule has 0 saturated carbocycles. The number of nitrogens with two attached hydrogens (primary N) is 1. The zero-order valence-electron chi connectivity index (χ0n) is 15.0. The number of H-pyrrole nitrogens is 1. The van der Waals surface area contributed by atoms with Crippen LogP contribution in [0.4, 0.5) is 5.82 Å². The molecule has 0 amide bonds. The Morgan fingerprint density at radius 2 is 1.96 bits per heavy atom. The van der Waals surface area contributed by atoms with E-state index in [-0.39, 0.29) is 17.1 Å². The van der Waals surface area contributed by atoms with Crippen LogP contribution >= 0.6 is 11.8 Å². The molecule has 2 aromatic rings. The summed E-state index contributed by atoms with van der Waals surface area (Å²) < 4.78 is 3.12. The molecule has 0 atom stereocenters. The number of nitrogen functional groups attached to an aromatic ring is 1. The van der Waals surface area contributed by atoms with Crippen molar-refractivity contribution >= 4 is 23.4 Å². The molecule has 0 bridgehead atoms. The summed E-state index contributed by atoms with van der Waals surface area (Å²) in [6, 6.07) is 0. The van der Waals surface area contributed by atoms with E-state index in [1.807, 2.05) is 13.8 Å². The van der Waals surface area contributed by atoms with Crippen LogP contribution in [-0.2, 0) is 13.6 Å². The number of carbonyl (C=O) groups is 1. The second-order valence-electron chi connectivity index (χ2n) is 6.36. The topological polar surface area (TPSA) is 116 Å². The summed E-state index contributed by atoms with van der Waals surface area (Å²) in [5, 5.41) is 0.733. The molecular formula is C16H23N5O3S. The summed E-state index contributed by atoms with van der Waals surface area (Å²) in [6.07, 6.45) is 0. The number of rotatable bonds is 6. The van der Waals surface area contributed by atoms with Gasteiger partial charge in [-0.25, -0.2) is 9.78 Å². The number of nitrogens with one attached hydrogen (secondary N) is 1. The fourth-order valence-electron chi connectivity index (χ4n) is 2.42. The minimum Gasteiger partial charge on any atom is -0.384 e. The molecule has 25 heavy (non-hydrogen) atoms. The van der Waals surface area contributed by atoms with Crippen molar-refractivity contribution in [1.29, 1.82) is 0 Å². The fourth-order valence-corrected chi connectivity index (χ4v) is 3.40. The molecule has 0 unspecified atom stereocenters. The Morgan fingerprint density at radius 3 is 2.56 bits per heavy atom. The molecule has 0 radical (unpaired) electrons. The van der Waals surface area contributed by atoms with Gasteiger partial charge in [0.1, 0.15) is 11.4 Å². The van der Waals surface area contributed by atoms with Gasteiger partial charge < -0.3 is 10.3 Å². The predicted molar refractivity (Wildman–Crippen MR) is 98.3 cm³/mol. The van der Waals surface area contributed by atoms with Gasteiger partial charge in [-0.1, -0.05) is 25.6 Å². The molecule has 0 aliphatic rings. The van der Waals surface area contributed by atoms with Gasteiger partial charge in [-0.3, -0.25) is 19.1 Å². The zero-order valence-corrected chi connectivity index (χ0v) is 15.9. The summed E-state index contributed by atoms with van der Waals surface area (Å²) in [5.41, 5.74) is 6.14. The quantitative estimate of drug-likeness (QED) is 0.585. The first-order valence-corrected chi connectivity index (χ1v) is 8.90. The monoisotopic (exact) mass is 365 g/mol. The van der Waals surface area contributed by atoms with Crippen molar-refractivity contribution < 1.29 is 4.79 Å². The van der Waals surface area contributed by atoms with Gasteiger partial charge in [-0.15, -0.1) is 0 Å². The molecule has 2 heterocycles. The number of nitrogens with zero attached hydrogens (tertiary/aromatic N) is 3. The Hall–Kier alpha value is -2.29. The van der Waals surface area contributed by atoms with Crippen molar-refractivity contribution in [2.24, 2.45) is 13.0 Å². The maximum Gasteiger partial charge on any atom is 0.329 e. The van der Waals surface area contributed by atoms with Crippen LogP contribution in [0, 0.1) is 19.8 Å². The maximum atomic E-state index is 12.5. The standard InChI is InChI=1S/C16H23N5O3S/c1-8(2)6-21-10(4)9(3)18-16(21)25-7-11(22)12-13(17)20(5)15(24)19-14(12)23/h8H,6-7,17H2,1-5H3,(H,19,23,24). The first-order chi connectivity index (χ1) is 11.6. The third-order valence-electron chi connectivity index (χ3n) is 3.95. The van der Waals surface area contributed by atoms with Crippen molar-refractivity contribution in [3.63, 3.8) is 0 Å². The van der Waals surface area contributed by atoms with E-state index in [1.54, 1.807) is 0 Å². The lowest BCUT2D eigenvalue weighted by Crippen LogP contribution is -2.35. The van der Waals surface area contributed by atoms with Crippen LogP contribution in [0.1, 0.15) is 35.6 Å². The number of anilines is 1. The number of aryl methyl sites for hydroxylation is 1. The first-order valence-electron chi connectivity index (χ1n) is 7.92. The highest BCUT2D eigenvalue weighted by Crippen LogP contribution is 2.23. The predicted octanol–water partition coefficient (Wildman–Crippen LogP) is 1.10. The molecule has 0 aromatic carbocycles. The Morgan fingerprint density at radius 1 is 1.32 bits per heavy atom. The summed E-state index contributed by atoms with van der Waals surface area (Å²) in [4.78, 5) is 42.5. The van der Waals surface area contributed by atoms with Crippen molar-refractivity contribution in [2.75, 3.05) is 11.5 Å². The summed E-state index contributed by atoms with van der Waals surface area (Å²) in [7, 11) is 1.40. The Labute approximate surface area is 149 Å². The number of thioether (sulfide) groups is 1. The van der Waals surface area contributed by atoms with Gasteiger partial charge in [0.2, 0.25) is 0 Å². The molecule has 0 aliphatic heterocycles. The van der Waals surface area contributed by atoms with E-state index in [1.165, 1.54) is 18.8 Å². The molecule has 136 valence electrons. The van der Waals surface area contributed by atoms with Crippen LogP contribution in [0.15, 0.2) is 14.7 Å². The number of aromatic amines is 1. The molecule has 0 aliphatic carbocycles. The van der Waals surface area contributed by atoms with Gasteiger partial charge >= 0.3 is 5.69 Å². The molecule has 3 N–H and O–H groups in total. The zero-order chi connectivity index (χ0) is 18.9. The number of aromatic nitrogens is 4. The second-order valence-corrected chi connectivity index (χ2v) is 7.30. The lowest BCUT2D eigenvalue weighted by molar-refractivity contribution is 0.102. The maximum absolute atomic E-state index is 12.5. The van der Waals surface area contributed by atoms with E-state index in [0.29, 0.717) is 5.92 Å². The Balaban J connectivity index is 2.28. The van der Waals surface area contributed by atoms with Crippen LogP contribution in [-0.4, -0.2) is 30.6 Å². The Bertz CT molecular complexity index is 923. The number of Topliss-reactive ketones (excluding diaryl/α,β-unsaturated/α-hetero) is 1. The van der Waals surface area contributed by atoms with Crippen LogP contribution in [0.25, 0.3) is 0 Å². The average Bonchev–Trinajstić information content (AvgIpc) is 2.78. The number of carbonyl (C=O) groups excluding carboxylic acids is 1. The van der Waals surface area contributed by atoms with E-state index >= 15 is 0 Å². The van der Waals surface area contributed by atoms with Gasteiger partial charge in [0.15, 0.2) is 10.9 Å². The second kappa shape index (κ2) is 7.30. The number of hydrogen-bond acceptors (Lipinski definition) is 6. The van der Waals surface area contributed by atoms with Gasteiger partial charge in [0, 0.05) is 19.3 Å². The third kappa shape index (κ3) is 3.87. The molecule has 0 fully saturated rings. The number of imidazole rings is 1. The lowest BCUT2D eigenvalue weighted by atomic mass is 10.2. The van der Waals surface area contributed by atoms with Crippen LogP contribution in [0.3, 0.4) is 0 Å². The third-order valence-corrected chi connectivity index (χ3v) is 4.93. The minimum absolute atomic E-state index is 0.0134. The highest BCUT2D eigenvalue weighted by Gasteiger charge is 2.20. The summed E-state index contributed by atoms with van der Waals surface area (Å²) in [5.74, 6) is -0.116. The van der Waals surface area contributed by atoms with Crippen molar-refractivity contribution in [2.45, 2.75) is 39.4 Å². The van der Waals surface area contributed by atoms with Crippen LogP contribution in [0.2, 0.25) is 0 Å². The van der Waals surface area contributed by atoms with E-state index in [0.717, 1.165) is 27.7 Å². The van der Waals surface area contributed by atoms with Crippen LogP contribution in [0.5, 0.6) is 0 Å². The van der Waals surface area contributed by atoms with Crippen molar-refractivity contribution in [3.8, 4) is 0 Å². The van der Waals surface area contributed by atoms with Crippen LogP contribution < -0.4 is 17.0 Å². The molecule has 8 nitrogen and oxygen atoms in total. The fraction of sp³-hybridized carbons (Fsp3) is 0.500. The number of ketones is 1. The van der Waals surface area contributed by atoms with Crippen molar-refractivity contribution in [1.82, 2.24) is 19.1 Å². The summed E-state index contributed by atoms with van der Waals surface area (Å²) >= 11 is 1.26. The molecule has 0 saturated heterocycles. The molecule has 2 aromatic heterocycles. The molecule has 2 rings (SSSR count). The highest BCUT2D eigenvalue weighted by molar-refractivity contribution is 7.99.